The molecule has 132 valence electrons. The molecule has 2 amide bonds. The number of alkyl halides is 3. The number of fused-ring (bicyclic) bond motifs is 1. The lowest BCUT2D eigenvalue weighted by molar-refractivity contribution is -0.167. The molecular weight excluding hydrogens is 359 g/mol. The second-order valence-corrected chi connectivity index (χ2v) is 6.50. The van der Waals surface area contributed by atoms with Crippen LogP contribution in [-0.4, -0.2) is 36.6 Å². The standard InChI is InChI=1S/C15H12F3N3O3S/c1-7-12(19-14(25-7)20-13(23)15(16,17)18)8-3-4-10-9(5-8)21(2)11(22)6-24-10/h3-5H,6H2,1-2H3,(H,19,20,23). The van der Waals surface area contributed by atoms with Crippen molar-refractivity contribution < 1.29 is 27.5 Å². The molecule has 1 N–H and O–H groups in total. The Hall–Kier alpha value is -2.62. The van der Waals surface area contributed by atoms with E-state index in [2.05, 4.69) is 4.98 Å². The number of nitrogens with zero attached hydrogens (tertiary/aromatic N) is 2. The summed E-state index contributed by atoms with van der Waals surface area (Å²) < 4.78 is 42.4. The van der Waals surface area contributed by atoms with E-state index in [1.165, 1.54) is 4.90 Å². The van der Waals surface area contributed by atoms with E-state index < -0.39 is 12.1 Å². The van der Waals surface area contributed by atoms with E-state index in [1.807, 2.05) is 0 Å². The Morgan fingerprint density at radius 3 is 2.80 bits per heavy atom. The molecule has 0 bridgehead atoms. The largest absolute Gasteiger partial charge is 0.482 e. The zero-order valence-corrected chi connectivity index (χ0v) is 13.9. The zero-order chi connectivity index (χ0) is 18.4. The van der Waals surface area contributed by atoms with Crippen LogP contribution in [0.1, 0.15) is 4.88 Å². The third kappa shape index (κ3) is 3.29. The van der Waals surface area contributed by atoms with Crippen molar-refractivity contribution in [2.24, 2.45) is 0 Å². The number of nitrogens with one attached hydrogen (secondary N) is 1. The molecule has 6 nitrogen and oxygen atoms in total. The van der Waals surface area contributed by atoms with E-state index in [0.717, 1.165) is 11.3 Å². The smallest absolute Gasteiger partial charge is 0.471 e. The number of aryl methyl sites for hydroxylation is 1. The molecule has 2 aromatic rings. The van der Waals surface area contributed by atoms with Gasteiger partial charge in [0.05, 0.1) is 11.4 Å². The Balaban J connectivity index is 1.93. The maximum absolute atomic E-state index is 12.3. The molecule has 0 aliphatic carbocycles. The topological polar surface area (TPSA) is 71.5 Å². The van der Waals surface area contributed by atoms with Gasteiger partial charge in [0.15, 0.2) is 11.7 Å². The van der Waals surface area contributed by atoms with Gasteiger partial charge in [0.1, 0.15) is 5.75 Å². The lowest BCUT2D eigenvalue weighted by atomic mass is 10.1. The summed E-state index contributed by atoms with van der Waals surface area (Å²) in [7, 11) is 1.61. The minimum atomic E-state index is -4.98. The molecule has 10 heteroatoms. The SMILES string of the molecule is Cc1sc(NC(=O)C(F)(F)F)nc1-c1ccc2c(c1)N(C)C(=O)CO2. The van der Waals surface area contributed by atoms with Crippen LogP contribution in [0, 0.1) is 6.92 Å². The summed E-state index contributed by atoms with van der Waals surface area (Å²) in [6.45, 7) is 1.63. The number of carbonyl (C=O) groups is 2. The lowest BCUT2D eigenvalue weighted by Crippen LogP contribution is -2.35. The van der Waals surface area contributed by atoms with Crippen LogP contribution in [0.5, 0.6) is 5.75 Å². The highest BCUT2D eigenvalue weighted by Gasteiger charge is 2.39. The van der Waals surface area contributed by atoms with E-state index in [4.69, 9.17) is 4.74 Å². The Morgan fingerprint density at radius 1 is 1.40 bits per heavy atom. The third-order valence-corrected chi connectivity index (χ3v) is 4.48. The Kier molecular flexibility index (Phi) is 4.15. The summed E-state index contributed by atoms with van der Waals surface area (Å²) in [5.74, 6) is -1.75. The summed E-state index contributed by atoms with van der Waals surface area (Å²) in [6.07, 6.45) is -4.98. The van der Waals surface area contributed by atoms with Crippen LogP contribution in [0.15, 0.2) is 18.2 Å². The van der Waals surface area contributed by atoms with Gasteiger partial charge in [0, 0.05) is 17.5 Å². The normalized spacial score (nSPS) is 14.1. The first-order valence-corrected chi connectivity index (χ1v) is 7.88. The first kappa shape index (κ1) is 17.2. The van der Waals surface area contributed by atoms with E-state index >= 15 is 0 Å². The first-order chi connectivity index (χ1) is 11.7. The highest BCUT2D eigenvalue weighted by molar-refractivity contribution is 7.16. The number of aromatic nitrogens is 1. The molecule has 3 rings (SSSR count). The molecule has 0 saturated heterocycles. The second kappa shape index (κ2) is 6.03. The number of likely N-dealkylation sites (N-methyl/N-ethyl adjacent to an activating group) is 1. The molecule has 1 aromatic heterocycles. The zero-order valence-electron chi connectivity index (χ0n) is 13.1. The quantitative estimate of drug-likeness (QED) is 0.881. The minimum Gasteiger partial charge on any atom is -0.482 e. The molecule has 0 saturated carbocycles. The first-order valence-electron chi connectivity index (χ1n) is 7.06. The Labute approximate surface area is 144 Å². The van der Waals surface area contributed by atoms with Crippen molar-refractivity contribution >= 4 is 34.0 Å². The summed E-state index contributed by atoms with van der Waals surface area (Å²) in [5, 5.41) is 1.60. The van der Waals surface area contributed by atoms with Crippen LogP contribution < -0.4 is 15.0 Å². The van der Waals surface area contributed by atoms with Crippen molar-refractivity contribution in [3.8, 4) is 17.0 Å². The summed E-state index contributed by atoms with van der Waals surface area (Å²) in [5.41, 5.74) is 1.57. The van der Waals surface area contributed by atoms with Crippen LogP contribution in [0.25, 0.3) is 11.3 Å². The Morgan fingerprint density at radius 2 is 2.12 bits per heavy atom. The molecule has 0 fully saturated rings. The van der Waals surface area contributed by atoms with Gasteiger partial charge in [-0.05, 0) is 25.1 Å². The Bertz CT molecular complexity index is 863. The van der Waals surface area contributed by atoms with Gasteiger partial charge in [-0.15, -0.1) is 11.3 Å². The van der Waals surface area contributed by atoms with Gasteiger partial charge in [-0.1, -0.05) is 0 Å². The minimum absolute atomic E-state index is 0.0494. The monoisotopic (exact) mass is 371 g/mol. The molecule has 1 aliphatic heterocycles. The number of amides is 2. The third-order valence-electron chi connectivity index (χ3n) is 3.59. The number of ether oxygens (including phenoxy) is 1. The van der Waals surface area contributed by atoms with Gasteiger partial charge in [0.25, 0.3) is 5.91 Å². The molecular formula is C15H12F3N3O3S. The highest BCUT2D eigenvalue weighted by atomic mass is 32.1. The average molecular weight is 371 g/mol. The second-order valence-electron chi connectivity index (χ2n) is 5.30. The maximum Gasteiger partial charge on any atom is 0.471 e. The molecule has 1 aromatic carbocycles. The fourth-order valence-electron chi connectivity index (χ4n) is 2.31. The predicted molar refractivity (Wildman–Crippen MR) is 85.9 cm³/mol. The summed E-state index contributed by atoms with van der Waals surface area (Å²) in [6, 6.07) is 5.03. The fraction of sp³-hybridized carbons (Fsp3) is 0.267. The number of anilines is 2. The van der Waals surface area contributed by atoms with Crippen molar-refractivity contribution in [2.75, 3.05) is 23.9 Å². The van der Waals surface area contributed by atoms with Gasteiger partial charge in [-0.2, -0.15) is 13.2 Å². The molecule has 2 heterocycles. The van der Waals surface area contributed by atoms with E-state index in [-0.39, 0.29) is 17.6 Å². The van der Waals surface area contributed by atoms with E-state index in [0.29, 0.717) is 27.6 Å². The number of hydrogen-bond donors (Lipinski definition) is 1. The van der Waals surface area contributed by atoms with Crippen LogP contribution in [0.4, 0.5) is 24.0 Å². The van der Waals surface area contributed by atoms with Crippen molar-refractivity contribution in [3.63, 3.8) is 0 Å². The van der Waals surface area contributed by atoms with Crippen LogP contribution in [0.2, 0.25) is 0 Å². The van der Waals surface area contributed by atoms with Gasteiger partial charge in [0.2, 0.25) is 0 Å². The molecule has 1 aliphatic rings. The van der Waals surface area contributed by atoms with E-state index in [9.17, 15) is 22.8 Å². The predicted octanol–water partition coefficient (Wildman–Crippen LogP) is 2.97. The number of halogens is 3. The fourth-order valence-corrected chi connectivity index (χ4v) is 3.14. The highest BCUT2D eigenvalue weighted by Crippen LogP contribution is 2.38. The molecule has 0 spiro atoms. The number of rotatable bonds is 2. The summed E-state index contributed by atoms with van der Waals surface area (Å²) >= 11 is 0.938. The number of benzene rings is 1. The van der Waals surface area contributed by atoms with Crippen molar-refractivity contribution in [2.45, 2.75) is 13.1 Å². The molecule has 0 unspecified atom stereocenters. The summed E-state index contributed by atoms with van der Waals surface area (Å²) in [4.78, 5) is 28.9. The molecule has 25 heavy (non-hydrogen) atoms. The lowest BCUT2D eigenvalue weighted by Gasteiger charge is -2.26. The van der Waals surface area contributed by atoms with Crippen LogP contribution in [-0.2, 0) is 9.59 Å². The number of thiazole rings is 1. The van der Waals surface area contributed by atoms with Crippen LogP contribution >= 0.6 is 11.3 Å². The van der Waals surface area contributed by atoms with Crippen molar-refractivity contribution in [1.82, 2.24) is 4.98 Å². The van der Waals surface area contributed by atoms with Crippen molar-refractivity contribution in [1.29, 1.82) is 0 Å². The average Bonchev–Trinajstić information content (AvgIpc) is 2.90. The molecule has 0 atom stereocenters. The maximum atomic E-state index is 12.3. The van der Waals surface area contributed by atoms with Crippen molar-refractivity contribution in [3.05, 3.63) is 23.1 Å². The van der Waals surface area contributed by atoms with Gasteiger partial charge >= 0.3 is 12.1 Å². The number of hydrogen-bond acceptors (Lipinski definition) is 5. The molecule has 0 radical (unpaired) electrons. The number of carbonyl (C=O) groups excluding carboxylic acids is 2. The van der Waals surface area contributed by atoms with Gasteiger partial charge < -0.3 is 9.64 Å². The van der Waals surface area contributed by atoms with Crippen LogP contribution in [0.3, 0.4) is 0 Å². The van der Waals surface area contributed by atoms with E-state index in [1.54, 1.807) is 37.5 Å². The van der Waals surface area contributed by atoms with Gasteiger partial charge in [-0.25, -0.2) is 4.98 Å². The van der Waals surface area contributed by atoms with Gasteiger partial charge in [-0.3, -0.25) is 14.9 Å².